The number of hydrogen-bond acceptors (Lipinski definition) is 6. The molecule has 1 aromatic carbocycles. The quantitative estimate of drug-likeness (QED) is 0.679. The van der Waals surface area contributed by atoms with Gasteiger partial charge in [0, 0.05) is 36.9 Å². The van der Waals surface area contributed by atoms with Gasteiger partial charge < -0.3 is 10.2 Å². The van der Waals surface area contributed by atoms with Crippen molar-refractivity contribution in [1.82, 2.24) is 25.2 Å². The summed E-state index contributed by atoms with van der Waals surface area (Å²) < 4.78 is 13.8. The number of nitrogens with one attached hydrogen (secondary N) is 1. The van der Waals surface area contributed by atoms with Crippen molar-refractivity contribution < 1.29 is 14.0 Å². The molecule has 0 unspecified atom stereocenters. The molecule has 0 atom stereocenters. The highest BCUT2D eigenvalue weighted by Crippen LogP contribution is 2.22. The van der Waals surface area contributed by atoms with E-state index in [4.69, 9.17) is 0 Å². The fourth-order valence-electron chi connectivity index (χ4n) is 3.36. The van der Waals surface area contributed by atoms with Gasteiger partial charge in [0.1, 0.15) is 16.5 Å². The number of hydrogen-bond donors (Lipinski definition) is 1. The van der Waals surface area contributed by atoms with Crippen LogP contribution < -0.4 is 5.32 Å². The van der Waals surface area contributed by atoms with E-state index in [0.717, 1.165) is 5.01 Å². The number of benzene rings is 1. The number of carbonyl (C=O) groups excluding carboxylic acids is 2. The molecular formula is C21H20FN5O2S. The molecule has 1 saturated heterocycles. The Morgan fingerprint density at radius 2 is 2.00 bits per heavy atom. The van der Waals surface area contributed by atoms with Gasteiger partial charge in [0.2, 0.25) is 5.91 Å². The Balaban J connectivity index is 1.28. The number of rotatable bonds is 5. The Hall–Kier alpha value is -3.20. The summed E-state index contributed by atoms with van der Waals surface area (Å²) in [6.07, 6.45) is 6.34. The first-order chi connectivity index (χ1) is 14.6. The van der Waals surface area contributed by atoms with Crippen LogP contribution in [0.1, 0.15) is 28.9 Å². The summed E-state index contributed by atoms with van der Waals surface area (Å²) in [7, 11) is 0. The summed E-state index contributed by atoms with van der Waals surface area (Å²) in [5.41, 5.74) is 1.44. The highest BCUT2D eigenvalue weighted by Gasteiger charge is 2.25. The van der Waals surface area contributed by atoms with E-state index in [9.17, 15) is 14.0 Å². The Kier molecular flexibility index (Phi) is 6.08. The lowest BCUT2D eigenvalue weighted by Crippen LogP contribution is -2.47. The summed E-state index contributed by atoms with van der Waals surface area (Å²) in [4.78, 5) is 39.4. The lowest BCUT2D eigenvalue weighted by Gasteiger charge is -2.32. The fraction of sp³-hybridized carbons (Fsp3) is 0.286. The number of nitrogens with zero attached hydrogens (tertiary/aromatic N) is 4. The van der Waals surface area contributed by atoms with E-state index in [-0.39, 0.29) is 23.9 Å². The third-order valence-electron chi connectivity index (χ3n) is 4.97. The number of amides is 2. The highest BCUT2D eigenvalue weighted by atomic mass is 32.1. The van der Waals surface area contributed by atoms with Crippen LogP contribution in [0.2, 0.25) is 0 Å². The van der Waals surface area contributed by atoms with E-state index in [1.165, 1.54) is 23.5 Å². The molecule has 30 heavy (non-hydrogen) atoms. The maximum absolute atomic E-state index is 13.8. The van der Waals surface area contributed by atoms with Crippen molar-refractivity contribution >= 4 is 23.2 Å². The molecule has 0 saturated carbocycles. The van der Waals surface area contributed by atoms with Crippen molar-refractivity contribution in [3.8, 4) is 10.7 Å². The van der Waals surface area contributed by atoms with Crippen molar-refractivity contribution in [1.29, 1.82) is 0 Å². The molecule has 1 aliphatic heterocycles. The molecule has 0 spiro atoms. The van der Waals surface area contributed by atoms with Gasteiger partial charge in [0.25, 0.3) is 5.91 Å². The largest absolute Gasteiger partial charge is 0.349 e. The van der Waals surface area contributed by atoms with E-state index >= 15 is 0 Å². The van der Waals surface area contributed by atoms with Gasteiger partial charge in [-0.25, -0.2) is 9.37 Å². The van der Waals surface area contributed by atoms with E-state index in [0.29, 0.717) is 37.3 Å². The van der Waals surface area contributed by atoms with Gasteiger partial charge in [-0.1, -0.05) is 12.1 Å². The first-order valence-corrected chi connectivity index (χ1v) is 10.5. The molecule has 0 aliphatic carbocycles. The number of halogens is 1. The van der Waals surface area contributed by atoms with Crippen LogP contribution in [0.15, 0.2) is 48.2 Å². The average molecular weight is 425 g/mol. The number of piperidine rings is 1. The first-order valence-electron chi connectivity index (χ1n) is 9.64. The third-order valence-corrected chi connectivity index (χ3v) is 5.88. The van der Waals surface area contributed by atoms with Crippen LogP contribution in [0.4, 0.5) is 4.39 Å². The van der Waals surface area contributed by atoms with Gasteiger partial charge in [0.15, 0.2) is 0 Å². The summed E-state index contributed by atoms with van der Waals surface area (Å²) in [6.45, 7) is 1.09. The number of likely N-dealkylation sites (tertiary alicyclic amines) is 1. The van der Waals surface area contributed by atoms with E-state index in [1.54, 1.807) is 35.6 Å². The Morgan fingerprint density at radius 3 is 2.73 bits per heavy atom. The lowest BCUT2D eigenvalue weighted by atomic mass is 10.0. The van der Waals surface area contributed by atoms with Gasteiger partial charge >= 0.3 is 0 Å². The predicted octanol–water partition coefficient (Wildman–Crippen LogP) is 2.70. The van der Waals surface area contributed by atoms with Crippen LogP contribution in [-0.4, -0.2) is 50.8 Å². The number of aromatic nitrogens is 3. The minimum atomic E-state index is -0.535. The maximum atomic E-state index is 13.8. The average Bonchev–Trinajstić information content (AvgIpc) is 3.23. The molecule has 1 fully saturated rings. The van der Waals surface area contributed by atoms with Crippen LogP contribution in [0.25, 0.3) is 10.7 Å². The Morgan fingerprint density at radius 1 is 1.20 bits per heavy atom. The monoisotopic (exact) mass is 425 g/mol. The van der Waals surface area contributed by atoms with Crippen LogP contribution in [-0.2, 0) is 11.2 Å². The van der Waals surface area contributed by atoms with Crippen molar-refractivity contribution in [3.63, 3.8) is 0 Å². The zero-order valence-electron chi connectivity index (χ0n) is 16.1. The molecule has 1 N–H and O–H groups in total. The van der Waals surface area contributed by atoms with Crippen LogP contribution in [0, 0.1) is 5.82 Å². The molecule has 3 aromatic rings. The fourth-order valence-corrected chi connectivity index (χ4v) is 4.14. The minimum Gasteiger partial charge on any atom is -0.349 e. The second kappa shape index (κ2) is 9.08. The van der Waals surface area contributed by atoms with Gasteiger partial charge in [0.05, 0.1) is 23.9 Å². The molecule has 0 radical (unpaired) electrons. The number of thiazole rings is 1. The molecule has 9 heteroatoms. The zero-order chi connectivity index (χ0) is 20.9. The first kappa shape index (κ1) is 20.1. The molecular weight excluding hydrogens is 405 g/mol. The van der Waals surface area contributed by atoms with Gasteiger partial charge in [-0.15, -0.1) is 11.3 Å². The van der Waals surface area contributed by atoms with Crippen LogP contribution in [0.5, 0.6) is 0 Å². The zero-order valence-corrected chi connectivity index (χ0v) is 16.9. The molecule has 154 valence electrons. The minimum absolute atomic E-state index is 0.00452. The second-order valence-corrected chi connectivity index (χ2v) is 7.88. The molecule has 0 bridgehead atoms. The molecule has 7 nitrogen and oxygen atoms in total. The van der Waals surface area contributed by atoms with Gasteiger partial charge in [-0.3, -0.25) is 19.6 Å². The summed E-state index contributed by atoms with van der Waals surface area (Å²) in [5.74, 6) is -0.950. The van der Waals surface area contributed by atoms with Gasteiger partial charge in [-0.05, 0) is 25.0 Å². The summed E-state index contributed by atoms with van der Waals surface area (Å²) in [5, 5.41) is 5.47. The topological polar surface area (TPSA) is 88.1 Å². The van der Waals surface area contributed by atoms with Gasteiger partial charge in [-0.2, -0.15) is 0 Å². The van der Waals surface area contributed by atoms with Crippen molar-refractivity contribution in [2.75, 3.05) is 13.1 Å². The summed E-state index contributed by atoms with van der Waals surface area (Å²) >= 11 is 1.44. The van der Waals surface area contributed by atoms with Crippen LogP contribution >= 0.6 is 11.3 Å². The number of carbonyl (C=O) groups is 2. The van der Waals surface area contributed by atoms with Crippen molar-refractivity contribution in [3.05, 3.63) is 65.3 Å². The van der Waals surface area contributed by atoms with E-state index < -0.39 is 11.7 Å². The molecule has 2 aromatic heterocycles. The summed E-state index contributed by atoms with van der Waals surface area (Å²) in [6, 6.07) is 5.84. The molecule has 3 heterocycles. The molecule has 4 rings (SSSR count). The normalized spacial score (nSPS) is 14.5. The molecule has 1 aliphatic rings. The van der Waals surface area contributed by atoms with Crippen molar-refractivity contribution in [2.45, 2.75) is 25.3 Å². The standard InChI is InChI=1S/C21H20FN5O2S/c22-17-4-2-1-3-16(17)20(29)25-14-5-9-27(10-6-14)19(28)11-15-13-30-21(26-15)18-12-23-7-8-24-18/h1-4,7-8,12-14H,5-6,9-11H2,(H,25,29). The molecule has 2 amide bonds. The Labute approximate surface area is 177 Å². The van der Waals surface area contributed by atoms with Crippen LogP contribution in [0.3, 0.4) is 0 Å². The lowest BCUT2D eigenvalue weighted by molar-refractivity contribution is -0.131. The second-order valence-electron chi connectivity index (χ2n) is 7.02. The van der Waals surface area contributed by atoms with E-state index in [1.807, 2.05) is 5.38 Å². The Bertz CT molecular complexity index is 1030. The van der Waals surface area contributed by atoms with Crippen molar-refractivity contribution in [2.24, 2.45) is 0 Å². The third kappa shape index (κ3) is 4.68. The smallest absolute Gasteiger partial charge is 0.254 e. The highest BCUT2D eigenvalue weighted by molar-refractivity contribution is 7.13. The SMILES string of the molecule is O=C(NC1CCN(C(=O)Cc2csc(-c3cnccn3)n2)CC1)c1ccccc1F. The maximum Gasteiger partial charge on any atom is 0.254 e. The predicted molar refractivity (Wildman–Crippen MR) is 110 cm³/mol. The van der Waals surface area contributed by atoms with E-state index in [2.05, 4.69) is 20.3 Å².